The highest BCUT2D eigenvalue weighted by Gasteiger charge is 2.33. The molecule has 0 aromatic heterocycles. The monoisotopic (exact) mass is 254 g/mol. The molecular formula is C15H30N2O. The van der Waals surface area contributed by atoms with E-state index in [4.69, 9.17) is 10.5 Å². The molecule has 2 N–H and O–H groups in total. The number of ether oxygens (including phenoxy) is 1. The Hall–Kier alpha value is -0.120. The van der Waals surface area contributed by atoms with E-state index in [9.17, 15) is 0 Å². The standard InChI is InChI=1S/C15H30N2O/c1-2-5-14-6-3-4-9-17(14)15(12-16)13-7-10-18-11-8-13/h13-15H,2-12,16H2,1H3. The number of piperidine rings is 1. The third-order valence-electron chi connectivity index (χ3n) is 4.77. The third kappa shape index (κ3) is 3.46. The first-order valence-corrected chi connectivity index (χ1v) is 7.90. The van der Waals surface area contributed by atoms with Crippen LogP contribution in [0.1, 0.15) is 51.9 Å². The van der Waals surface area contributed by atoms with Crippen molar-refractivity contribution in [2.75, 3.05) is 26.3 Å². The lowest BCUT2D eigenvalue weighted by Gasteiger charge is -2.45. The lowest BCUT2D eigenvalue weighted by molar-refractivity contribution is 0.00254. The Morgan fingerprint density at radius 3 is 2.67 bits per heavy atom. The smallest absolute Gasteiger partial charge is 0.0469 e. The van der Waals surface area contributed by atoms with Crippen molar-refractivity contribution in [2.45, 2.75) is 64.0 Å². The molecule has 106 valence electrons. The van der Waals surface area contributed by atoms with E-state index in [0.717, 1.165) is 31.7 Å². The van der Waals surface area contributed by atoms with Crippen molar-refractivity contribution in [3.8, 4) is 0 Å². The van der Waals surface area contributed by atoms with Crippen molar-refractivity contribution >= 4 is 0 Å². The van der Waals surface area contributed by atoms with Crippen molar-refractivity contribution < 1.29 is 4.74 Å². The second-order valence-corrected chi connectivity index (χ2v) is 5.93. The van der Waals surface area contributed by atoms with Crippen LogP contribution in [0.15, 0.2) is 0 Å². The van der Waals surface area contributed by atoms with Crippen molar-refractivity contribution in [3.63, 3.8) is 0 Å². The van der Waals surface area contributed by atoms with Crippen LogP contribution in [0.25, 0.3) is 0 Å². The third-order valence-corrected chi connectivity index (χ3v) is 4.77. The molecule has 2 aliphatic rings. The molecule has 0 aromatic rings. The average Bonchev–Trinajstić information content (AvgIpc) is 2.43. The van der Waals surface area contributed by atoms with Crippen molar-refractivity contribution in [1.82, 2.24) is 4.90 Å². The van der Waals surface area contributed by atoms with E-state index < -0.39 is 0 Å². The van der Waals surface area contributed by atoms with E-state index in [2.05, 4.69) is 11.8 Å². The predicted molar refractivity (Wildman–Crippen MR) is 75.6 cm³/mol. The summed E-state index contributed by atoms with van der Waals surface area (Å²) in [7, 11) is 0. The molecule has 0 bridgehead atoms. The van der Waals surface area contributed by atoms with E-state index in [1.165, 1.54) is 51.5 Å². The fourth-order valence-corrected chi connectivity index (χ4v) is 3.80. The quantitative estimate of drug-likeness (QED) is 0.819. The number of rotatable bonds is 5. The SMILES string of the molecule is CCCC1CCCCN1C(CN)C1CCOCC1. The van der Waals surface area contributed by atoms with Gasteiger partial charge in [0.25, 0.3) is 0 Å². The van der Waals surface area contributed by atoms with Gasteiger partial charge in [-0.25, -0.2) is 0 Å². The zero-order chi connectivity index (χ0) is 12.8. The number of nitrogens with zero attached hydrogens (tertiary/aromatic N) is 1. The van der Waals surface area contributed by atoms with Gasteiger partial charge in [0.1, 0.15) is 0 Å². The number of hydrogen-bond donors (Lipinski definition) is 1. The van der Waals surface area contributed by atoms with Gasteiger partial charge in [-0.15, -0.1) is 0 Å². The zero-order valence-corrected chi connectivity index (χ0v) is 11.9. The maximum absolute atomic E-state index is 6.11. The van der Waals surface area contributed by atoms with Crippen LogP contribution < -0.4 is 5.73 Å². The number of likely N-dealkylation sites (tertiary alicyclic amines) is 1. The van der Waals surface area contributed by atoms with Gasteiger partial charge in [0.15, 0.2) is 0 Å². The Bertz CT molecular complexity index is 216. The minimum Gasteiger partial charge on any atom is -0.381 e. The molecule has 2 atom stereocenters. The van der Waals surface area contributed by atoms with Gasteiger partial charge in [0.2, 0.25) is 0 Å². The maximum Gasteiger partial charge on any atom is 0.0469 e. The molecule has 3 heteroatoms. The van der Waals surface area contributed by atoms with E-state index in [1.54, 1.807) is 0 Å². The highest BCUT2D eigenvalue weighted by atomic mass is 16.5. The van der Waals surface area contributed by atoms with Gasteiger partial charge in [-0.2, -0.15) is 0 Å². The summed E-state index contributed by atoms with van der Waals surface area (Å²) in [6.07, 6.45) is 9.21. The fraction of sp³-hybridized carbons (Fsp3) is 1.00. The van der Waals surface area contributed by atoms with E-state index >= 15 is 0 Å². The summed E-state index contributed by atoms with van der Waals surface area (Å²) >= 11 is 0. The van der Waals surface area contributed by atoms with Crippen molar-refractivity contribution in [1.29, 1.82) is 0 Å². The molecule has 2 saturated heterocycles. The summed E-state index contributed by atoms with van der Waals surface area (Å²) in [6, 6.07) is 1.39. The molecule has 0 saturated carbocycles. The normalized spacial score (nSPS) is 29.3. The van der Waals surface area contributed by atoms with Crippen LogP contribution in [0, 0.1) is 5.92 Å². The highest BCUT2D eigenvalue weighted by Crippen LogP contribution is 2.29. The summed E-state index contributed by atoms with van der Waals surface area (Å²) in [5, 5.41) is 0. The van der Waals surface area contributed by atoms with Crippen LogP contribution in [0.5, 0.6) is 0 Å². The van der Waals surface area contributed by atoms with Crippen LogP contribution >= 0.6 is 0 Å². The summed E-state index contributed by atoms with van der Waals surface area (Å²) in [5.41, 5.74) is 6.11. The van der Waals surface area contributed by atoms with E-state index in [1.807, 2.05) is 0 Å². The van der Waals surface area contributed by atoms with Gasteiger partial charge in [-0.3, -0.25) is 4.90 Å². The Kier molecular flexibility index (Phi) is 5.93. The minimum atomic E-state index is 0.603. The zero-order valence-electron chi connectivity index (χ0n) is 11.9. The van der Waals surface area contributed by atoms with Crippen LogP contribution in [0.3, 0.4) is 0 Å². The molecule has 2 heterocycles. The maximum atomic E-state index is 6.11. The van der Waals surface area contributed by atoms with Crippen LogP contribution in [-0.2, 0) is 4.74 Å². The molecular weight excluding hydrogens is 224 g/mol. The molecule has 0 aromatic carbocycles. The molecule has 18 heavy (non-hydrogen) atoms. The molecule has 0 aliphatic carbocycles. The van der Waals surface area contributed by atoms with Gasteiger partial charge in [0.05, 0.1) is 0 Å². The topological polar surface area (TPSA) is 38.5 Å². The molecule has 3 nitrogen and oxygen atoms in total. The molecule has 2 rings (SSSR count). The molecule has 0 amide bonds. The largest absolute Gasteiger partial charge is 0.381 e. The average molecular weight is 254 g/mol. The Labute approximate surface area is 112 Å². The first kappa shape index (κ1) is 14.3. The van der Waals surface area contributed by atoms with Gasteiger partial charge in [-0.05, 0) is 44.6 Å². The number of nitrogens with two attached hydrogens (primary N) is 1. The van der Waals surface area contributed by atoms with Crippen LogP contribution in [0.2, 0.25) is 0 Å². The molecule has 2 fully saturated rings. The van der Waals surface area contributed by atoms with Gasteiger partial charge in [0, 0.05) is 31.8 Å². The Morgan fingerprint density at radius 2 is 2.00 bits per heavy atom. The van der Waals surface area contributed by atoms with Gasteiger partial charge < -0.3 is 10.5 Å². The van der Waals surface area contributed by atoms with Gasteiger partial charge >= 0.3 is 0 Å². The lowest BCUT2D eigenvalue weighted by atomic mass is 9.87. The molecule has 2 aliphatic heterocycles. The summed E-state index contributed by atoms with van der Waals surface area (Å²) in [5.74, 6) is 0.765. The summed E-state index contributed by atoms with van der Waals surface area (Å²) in [6.45, 7) is 6.27. The highest BCUT2D eigenvalue weighted by molar-refractivity contribution is 4.88. The Balaban J connectivity index is 1.98. The van der Waals surface area contributed by atoms with Crippen LogP contribution in [-0.4, -0.2) is 43.3 Å². The molecule has 0 spiro atoms. The summed E-state index contributed by atoms with van der Waals surface area (Å²) < 4.78 is 5.50. The first-order chi connectivity index (χ1) is 8.86. The minimum absolute atomic E-state index is 0.603. The van der Waals surface area contributed by atoms with Gasteiger partial charge in [-0.1, -0.05) is 19.8 Å². The second kappa shape index (κ2) is 7.46. The molecule has 2 unspecified atom stereocenters. The lowest BCUT2D eigenvalue weighted by Crippen LogP contribution is -2.53. The second-order valence-electron chi connectivity index (χ2n) is 5.93. The van der Waals surface area contributed by atoms with Crippen LogP contribution in [0.4, 0.5) is 0 Å². The van der Waals surface area contributed by atoms with Crippen molar-refractivity contribution in [3.05, 3.63) is 0 Å². The molecule has 0 radical (unpaired) electrons. The predicted octanol–water partition coefficient (Wildman–Crippen LogP) is 2.39. The summed E-state index contributed by atoms with van der Waals surface area (Å²) in [4.78, 5) is 2.75. The fourth-order valence-electron chi connectivity index (χ4n) is 3.80. The first-order valence-electron chi connectivity index (χ1n) is 7.90. The Morgan fingerprint density at radius 1 is 1.22 bits per heavy atom. The number of hydrogen-bond acceptors (Lipinski definition) is 3. The van der Waals surface area contributed by atoms with E-state index in [0.29, 0.717) is 6.04 Å². The van der Waals surface area contributed by atoms with E-state index in [-0.39, 0.29) is 0 Å². The van der Waals surface area contributed by atoms with Crippen molar-refractivity contribution in [2.24, 2.45) is 11.7 Å².